The molecule has 0 spiro atoms. The number of nitrogens with one attached hydrogen (secondary N) is 2. The maximum atomic E-state index is 14.0. The number of hydrogen-bond acceptors (Lipinski definition) is 4. The van der Waals surface area contributed by atoms with Crippen LogP contribution in [-0.4, -0.2) is 15.3 Å². The van der Waals surface area contributed by atoms with E-state index in [-0.39, 0.29) is 18.1 Å². The summed E-state index contributed by atoms with van der Waals surface area (Å²) < 4.78 is 35.4. The average molecular weight is 450 g/mol. The summed E-state index contributed by atoms with van der Waals surface area (Å²) in [5, 5.41) is 0. The van der Waals surface area contributed by atoms with Crippen molar-refractivity contribution in [2.45, 2.75) is 34.3 Å². The molecule has 0 bridgehead atoms. The average Bonchev–Trinajstić information content (AvgIpc) is 3.06. The number of anilines is 1. The van der Waals surface area contributed by atoms with Crippen LogP contribution in [0.1, 0.15) is 38.4 Å². The van der Waals surface area contributed by atoms with Gasteiger partial charge in [-0.25, -0.2) is 13.8 Å². The van der Waals surface area contributed by atoms with E-state index in [4.69, 9.17) is 4.74 Å². The van der Waals surface area contributed by atoms with E-state index in [2.05, 4.69) is 15.8 Å². The maximum Gasteiger partial charge on any atom is 0.288 e. The highest BCUT2D eigenvalue weighted by Crippen LogP contribution is 2.26. The van der Waals surface area contributed by atoms with E-state index in [0.717, 1.165) is 22.4 Å². The van der Waals surface area contributed by atoms with Crippen LogP contribution in [-0.2, 0) is 6.61 Å². The van der Waals surface area contributed by atoms with Crippen molar-refractivity contribution >= 4 is 17.2 Å². The van der Waals surface area contributed by atoms with E-state index in [1.807, 2.05) is 39.0 Å². The number of rotatable bonds is 6. The molecule has 4 aromatic rings. The van der Waals surface area contributed by atoms with Crippen LogP contribution in [0, 0.1) is 39.3 Å². The Balaban J connectivity index is 1.61. The van der Waals surface area contributed by atoms with E-state index in [1.54, 1.807) is 23.6 Å². The van der Waals surface area contributed by atoms with E-state index in [9.17, 15) is 13.6 Å². The number of nitrogens with zero attached hydrogens (tertiary/aromatic N) is 2. The number of ether oxygens (including phenoxy) is 1. The van der Waals surface area contributed by atoms with Gasteiger partial charge in [0, 0.05) is 6.20 Å². The number of fused-ring (bicyclic) bond motifs is 1. The van der Waals surface area contributed by atoms with Gasteiger partial charge in [-0.05, 0) is 74.7 Å². The Kier molecular flexibility index (Phi) is 6.00. The van der Waals surface area contributed by atoms with Crippen molar-refractivity contribution in [3.05, 3.63) is 93.9 Å². The topological polar surface area (TPSA) is 67.7 Å². The molecule has 0 unspecified atom stereocenters. The van der Waals surface area contributed by atoms with Crippen molar-refractivity contribution in [2.24, 2.45) is 0 Å². The molecule has 1 amide bonds. The number of hydrogen-bond donors (Lipinski definition) is 2. The number of pyridine rings is 1. The van der Waals surface area contributed by atoms with Crippen molar-refractivity contribution in [1.82, 2.24) is 14.8 Å². The number of halogens is 2. The molecule has 0 aliphatic carbocycles. The van der Waals surface area contributed by atoms with Gasteiger partial charge in [-0.1, -0.05) is 12.1 Å². The fourth-order valence-electron chi connectivity index (χ4n) is 3.79. The van der Waals surface area contributed by atoms with Gasteiger partial charge in [-0.15, -0.1) is 0 Å². The molecule has 2 N–H and O–H groups in total. The lowest BCUT2D eigenvalue weighted by atomic mass is 10.1. The number of hydrazine groups is 1. The summed E-state index contributed by atoms with van der Waals surface area (Å²) in [6, 6.07) is 11.3. The first-order valence-corrected chi connectivity index (χ1v) is 10.4. The minimum Gasteiger partial charge on any atom is -0.485 e. The summed E-state index contributed by atoms with van der Waals surface area (Å²) in [6.07, 6.45) is 1.76. The predicted octanol–water partition coefficient (Wildman–Crippen LogP) is 5.18. The van der Waals surface area contributed by atoms with Crippen LogP contribution in [0.4, 0.5) is 14.5 Å². The lowest BCUT2D eigenvalue weighted by Crippen LogP contribution is -2.31. The molecule has 0 radical (unpaired) electrons. The fourth-order valence-corrected chi connectivity index (χ4v) is 3.79. The Morgan fingerprint density at radius 1 is 1.00 bits per heavy atom. The highest BCUT2D eigenvalue weighted by Gasteiger charge is 2.20. The van der Waals surface area contributed by atoms with Crippen LogP contribution >= 0.6 is 0 Å². The van der Waals surface area contributed by atoms with Gasteiger partial charge >= 0.3 is 0 Å². The van der Waals surface area contributed by atoms with Gasteiger partial charge < -0.3 is 4.74 Å². The molecular formula is C25H24F2N4O2. The van der Waals surface area contributed by atoms with Crippen molar-refractivity contribution in [1.29, 1.82) is 0 Å². The minimum absolute atomic E-state index is 0.170. The largest absolute Gasteiger partial charge is 0.485 e. The van der Waals surface area contributed by atoms with Crippen molar-refractivity contribution in [3.63, 3.8) is 0 Å². The summed E-state index contributed by atoms with van der Waals surface area (Å²) in [5.41, 5.74) is 10.4. The smallest absolute Gasteiger partial charge is 0.288 e. The quantitative estimate of drug-likeness (QED) is 0.397. The molecule has 2 aromatic carbocycles. The number of amides is 1. The van der Waals surface area contributed by atoms with Gasteiger partial charge in [-0.2, -0.15) is 0 Å². The molecule has 2 aromatic heterocycles. The molecule has 33 heavy (non-hydrogen) atoms. The minimum atomic E-state index is -0.685. The highest BCUT2D eigenvalue weighted by atomic mass is 19.1. The molecular weight excluding hydrogens is 426 g/mol. The first-order chi connectivity index (χ1) is 15.7. The van der Waals surface area contributed by atoms with Gasteiger partial charge in [0.25, 0.3) is 5.91 Å². The van der Waals surface area contributed by atoms with Gasteiger partial charge in [0.15, 0.2) is 11.4 Å². The Morgan fingerprint density at radius 2 is 1.67 bits per heavy atom. The number of aromatic nitrogens is 2. The normalized spacial score (nSPS) is 11.0. The summed E-state index contributed by atoms with van der Waals surface area (Å²) in [5.74, 6) is -1.43. The zero-order chi connectivity index (χ0) is 23.7. The number of carbonyl (C=O) groups is 1. The standard InChI is InChI=1S/C25H24F2N4O2/c1-14-8-15(2)10-18(9-14)29-30-25(32)23-17(4)28-24-22(11-16(3)12-31(23)24)33-13-19-20(26)6-5-7-21(19)27/h5-12,29H,13H2,1-4H3,(H,30,32). The van der Waals surface area contributed by atoms with Crippen LogP contribution in [0.5, 0.6) is 5.75 Å². The third-order valence-corrected chi connectivity index (χ3v) is 5.19. The zero-order valence-electron chi connectivity index (χ0n) is 18.8. The number of imidazole rings is 1. The molecule has 0 saturated carbocycles. The lowest BCUT2D eigenvalue weighted by molar-refractivity contribution is 0.0956. The Labute approximate surface area is 190 Å². The fraction of sp³-hybridized carbons (Fsp3) is 0.200. The monoisotopic (exact) mass is 450 g/mol. The van der Waals surface area contributed by atoms with Crippen LogP contribution in [0.25, 0.3) is 5.65 Å². The second-order valence-corrected chi connectivity index (χ2v) is 8.07. The van der Waals surface area contributed by atoms with Crippen molar-refractivity contribution < 1.29 is 18.3 Å². The van der Waals surface area contributed by atoms with Crippen LogP contribution in [0.3, 0.4) is 0 Å². The van der Waals surface area contributed by atoms with Gasteiger partial charge in [0.05, 0.1) is 16.9 Å². The molecule has 0 aliphatic heterocycles. The van der Waals surface area contributed by atoms with Crippen LogP contribution in [0.2, 0.25) is 0 Å². The molecule has 0 saturated heterocycles. The third kappa shape index (κ3) is 4.64. The molecule has 6 nitrogen and oxygen atoms in total. The lowest BCUT2D eigenvalue weighted by Gasteiger charge is -2.12. The number of carbonyl (C=O) groups excluding carboxylic acids is 1. The summed E-state index contributed by atoms with van der Waals surface area (Å²) in [7, 11) is 0. The Bertz CT molecular complexity index is 1320. The first kappa shape index (κ1) is 22.3. The van der Waals surface area contributed by atoms with Crippen LogP contribution in [0.15, 0.2) is 48.7 Å². The van der Waals surface area contributed by atoms with Gasteiger partial charge in [-0.3, -0.25) is 20.0 Å². The number of benzene rings is 2. The Hall–Kier alpha value is -3.94. The molecule has 2 heterocycles. The predicted molar refractivity (Wildman–Crippen MR) is 122 cm³/mol. The summed E-state index contributed by atoms with van der Waals surface area (Å²) in [4.78, 5) is 17.5. The summed E-state index contributed by atoms with van der Waals surface area (Å²) in [6.45, 7) is 7.20. The van der Waals surface area contributed by atoms with E-state index >= 15 is 0 Å². The molecule has 0 aliphatic rings. The molecule has 4 rings (SSSR count). The summed E-state index contributed by atoms with van der Waals surface area (Å²) >= 11 is 0. The van der Waals surface area contributed by atoms with E-state index in [1.165, 1.54) is 18.2 Å². The third-order valence-electron chi connectivity index (χ3n) is 5.19. The van der Waals surface area contributed by atoms with E-state index < -0.39 is 11.6 Å². The molecule has 0 atom stereocenters. The SMILES string of the molecule is Cc1cc(C)cc(NNC(=O)c2c(C)nc3c(OCc4c(F)cccc4F)cc(C)cn23)c1. The van der Waals surface area contributed by atoms with Gasteiger partial charge in [0.2, 0.25) is 0 Å². The molecule has 0 fully saturated rings. The molecule has 170 valence electrons. The van der Waals surface area contributed by atoms with Crippen LogP contribution < -0.4 is 15.6 Å². The van der Waals surface area contributed by atoms with E-state index in [0.29, 0.717) is 22.8 Å². The first-order valence-electron chi connectivity index (χ1n) is 10.4. The van der Waals surface area contributed by atoms with Crippen molar-refractivity contribution in [2.75, 3.05) is 5.43 Å². The second-order valence-electron chi connectivity index (χ2n) is 8.07. The Morgan fingerprint density at radius 3 is 2.33 bits per heavy atom. The highest BCUT2D eigenvalue weighted by molar-refractivity contribution is 5.95. The second kappa shape index (κ2) is 8.90. The maximum absolute atomic E-state index is 14.0. The zero-order valence-corrected chi connectivity index (χ0v) is 18.8. The van der Waals surface area contributed by atoms with Gasteiger partial charge in [0.1, 0.15) is 23.9 Å². The van der Waals surface area contributed by atoms with Crippen molar-refractivity contribution in [3.8, 4) is 5.75 Å². The number of aryl methyl sites for hydroxylation is 4. The molecule has 8 heteroatoms.